The Bertz CT molecular complexity index is 1180. The number of aryl methyl sites for hydroxylation is 1. The third kappa shape index (κ3) is 4.47. The summed E-state index contributed by atoms with van der Waals surface area (Å²) in [6, 6.07) is 14.6. The summed E-state index contributed by atoms with van der Waals surface area (Å²) in [4.78, 5) is 41.8. The number of benzene rings is 2. The highest BCUT2D eigenvalue weighted by molar-refractivity contribution is 5.80. The molecule has 1 aliphatic rings. The lowest BCUT2D eigenvalue weighted by molar-refractivity contribution is -0.131. The smallest absolute Gasteiger partial charge is 0.273 e. The molecule has 1 fully saturated rings. The number of carbonyl (C=O) groups excluding carboxylic acids is 1. The Hall–Kier alpha value is -3.55. The maximum absolute atomic E-state index is 12.8. The summed E-state index contributed by atoms with van der Waals surface area (Å²) in [5.74, 6) is 0.801. The summed E-state index contributed by atoms with van der Waals surface area (Å²) in [6.07, 6.45) is 1.03. The molecule has 1 aliphatic heterocycles. The zero-order valence-electron chi connectivity index (χ0n) is 17.5. The van der Waals surface area contributed by atoms with Gasteiger partial charge >= 0.3 is 0 Å². The van der Waals surface area contributed by atoms with E-state index in [2.05, 4.69) is 10.00 Å². The summed E-state index contributed by atoms with van der Waals surface area (Å²) < 4.78 is 6.45. The molecule has 3 aromatic rings. The molecule has 8 heteroatoms. The molecule has 1 N–H and O–H groups in total. The van der Waals surface area contributed by atoms with Gasteiger partial charge in [-0.1, -0.05) is 12.1 Å². The number of hydrogen-bond donors (Lipinski definition) is 1. The number of fused-ring (bicyclic) bond motifs is 1. The van der Waals surface area contributed by atoms with Crippen LogP contribution in [0.3, 0.4) is 0 Å². The lowest BCUT2D eigenvalue weighted by Gasteiger charge is -2.24. The molecular weight excluding hydrogens is 396 g/mol. The van der Waals surface area contributed by atoms with E-state index < -0.39 is 0 Å². The first-order valence-electron chi connectivity index (χ1n) is 10.5. The van der Waals surface area contributed by atoms with Crippen LogP contribution in [0.5, 0.6) is 5.75 Å². The van der Waals surface area contributed by atoms with Crippen molar-refractivity contribution < 1.29 is 9.53 Å². The first-order valence-corrected chi connectivity index (χ1v) is 10.5. The molecule has 1 amide bonds. The lowest BCUT2D eigenvalue weighted by Crippen LogP contribution is -2.37. The maximum atomic E-state index is 12.8. The standard InChI is InChI=1S/C23H26N4O4/c1-31-18-9-7-17(8-10-18)25-12-4-13-26(16-15-25)21(28)11-14-27-23(30)20-6-3-2-5-19(20)22(29)24-27/h2-3,5-10H,4,11-16H2,1H3,(H,24,29). The number of H-pyrrole nitrogens is 1. The second-order valence-corrected chi connectivity index (χ2v) is 7.61. The number of carbonyl (C=O) groups is 1. The molecule has 2 heterocycles. The number of aromatic amines is 1. The van der Waals surface area contributed by atoms with Crippen molar-refractivity contribution in [1.82, 2.24) is 14.7 Å². The van der Waals surface area contributed by atoms with Crippen molar-refractivity contribution in [1.29, 1.82) is 0 Å². The van der Waals surface area contributed by atoms with E-state index in [9.17, 15) is 14.4 Å². The SMILES string of the molecule is COc1ccc(N2CCCN(C(=O)CCn3[nH]c(=O)c4ccccc4c3=O)CC2)cc1. The molecule has 31 heavy (non-hydrogen) atoms. The molecule has 1 aromatic heterocycles. The fourth-order valence-corrected chi connectivity index (χ4v) is 3.99. The number of aromatic nitrogens is 2. The largest absolute Gasteiger partial charge is 0.497 e. The fraction of sp³-hybridized carbons (Fsp3) is 0.348. The van der Waals surface area contributed by atoms with E-state index in [4.69, 9.17) is 4.74 Å². The number of ether oxygens (including phenoxy) is 1. The highest BCUT2D eigenvalue weighted by Crippen LogP contribution is 2.20. The lowest BCUT2D eigenvalue weighted by atomic mass is 10.2. The van der Waals surface area contributed by atoms with Crippen molar-refractivity contribution in [2.24, 2.45) is 0 Å². The zero-order valence-corrected chi connectivity index (χ0v) is 17.5. The Kier molecular flexibility index (Phi) is 6.06. The van der Waals surface area contributed by atoms with Gasteiger partial charge in [-0.05, 0) is 42.8 Å². The summed E-state index contributed by atoms with van der Waals surface area (Å²) in [7, 11) is 1.64. The zero-order chi connectivity index (χ0) is 21.8. The molecule has 0 bridgehead atoms. The van der Waals surface area contributed by atoms with Crippen molar-refractivity contribution in [2.75, 3.05) is 38.2 Å². The van der Waals surface area contributed by atoms with Crippen LogP contribution in [-0.2, 0) is 11.3 Å². The molecule has 8 nitrogen and oxygen atoms in total. The molecule has 162 valence electrons. The third-order valence-corrected chi connectivity index (χ3v) is 5.72. The predicted molar refractivity (Wildman–Crippen MR) is 120 cm³/mol. The Labute approximate surface area is 179 Å². The van der Waals surface area contributed by atoms with E-state index in [0.717, 1.165) is 30.9 Å². The molecule has 0 radical (unpaired) electrons. The highest BCUT2D eigenvalue weighted by Gasteiger charge is 2.20. The van der Waals surface area contributed by atoms with Crippen LogP contribution in [0.2, 0.25) is 0 Å². The van der Waals surface area contributed by atoms with Gasteiger partial charge in [-0.2, -0.15) is 0 Å². The molecule has 1 saturated heterocycles. The van der Waals surface area contributed by atoms with Crippen LogP contribution in [0.4, 0.5) is 5.69 Å². The van der Waals surface area contributed by atoms with E-state index in [1.165, 1.54) is 4.68 Å². The van der Waals surface area contributed by atoms with E-state index >= 15 is 0 Å². The summed E-state index contributed by atoms with van der Waals surface area (Å²) in [6.45, 7) is 3.05. The van der Waals surface area contributed by atoms with Gasteiger partial charge in [-0.3, -0.25) is 19.5 Å². The Morgan fingerprint density at radius 3 is 2.45 bits per heavy atom. The highest BCUT2D eigenvalue weighted by atomic mass is 16.5. The Morgan fingerprint density at radius 2 is 1.71 bits per heavy atom. The minimum Gasteiger partial charge on any atom is -0.497 e. The molecule has 0 spiro atoms. The Morgan fingerprint density at radius 1 is 0.968 bits per heavy atom. The van der Waals surface area contributed by atoms with Gasteiger partial charge in [0.15, 0.2) is 0 Å². The number of methoxy groups -OCH3 is 1. The molecule has 0 saturated carbocycles. The number of nitrogens with one attached hydrogen (secondary N) is 1. The van der Waals surface area contributed by atoms with Crippen molar-refractivity contribution in [2.45, 2.75) is 19.4 Å². The molecule has 0 unspecified atom stereocenters. The monoisotopic (exact) mass is 422 g/mol. The van der Waals surface area contributed by atoms with Gasteiger partial charge < -0.3 is 14.5 Å². The van der Waals surface area contributed by atoms with Gasteiger partial charge in [-0.15, -0.1) is 0 Å². The van der Waals surface area contributed by atoms with Gasteiger partial charge in [0, 0.05) is 38.3 Å². The average Bonchev–Trinajstić information content (AvgIpc) is 3.07. The van der Waals surface area contributed by atoms with Crippen LogP contribution in [0.1, 0.15) is 12.8 Å². The van der Waals surface area contributed by atoms with Crippen molar-refractivity contribution >= 4 is 22.4 Å². The molecule has 0 atom stereocenters. The Balaban J connectivity index is 1.39. The molecule has 0 aliphatic carbocycles. The minimum atomic E-state index is -0.326. The van der Waals surface area contributed by atoms with E-state index in [1.54, 1.807) is 31.4 Å². The predicted octanol–water partition coefficient (Wildman–Crippen LogP) is 1.83. The minimum absolute atomic E-state index is 0.0162. The molecular formula is C23H26N4O4. The van der Waals surface area contributed by atoms with Gasteiger partial charge in [0.25, 0.3) is 11.1 Å². The maximum Gasteiger partial charge on any atom is 0.273 e. The van der Waals surface area contributed by atoms with Gasteiger partial charge in [0.2, 0.25) is 5.91 Å². The van der Waals surface area contributed by atoms with Crippen molar-refractivity contribution in [3.8, 4) is 5.75 Å². The quantitative estimate of drug-likeness (QED) is 0.678. The van der Waals surface area contributed by atoms with Gasteiger partial charge in [-0.25, -0.2) is 4.68 Å². The summed E-state index contributed by atoms with van der Waals surface area (Å²) >= 11 is 0. The third-order valence-electron chi connectivity index (χ3n) is 5.72. The summed E-state index contributed by atoms with van der Waals surface area (Å²) in [5, 5.41) is 3.31. The number of amides is 1. The van der Waals surface area contributed by atoms with Crippen LogP contribution in [0.25, 0.3) is 10.8 Å². The van der Waals surface area contributed by atoms with Crippen LogP contribution in [0.15, 0.2) is 58.1 Å². The van der Waals surface area contributed by atoms with Crippen LogP contribution >= 0.6 is 0 Å². The first-order chi connectivity index (χ1) is 15.1. The van der Waals surface area contributed by atoms with Crippen LogP contribution < -0.4 is 20.8 Å². The number of rotatable bonds is 5. The first kappa shape index (κ1) is 20.7. The van der Waals surface area contributed by atoms with Crippen LogP contribution in [0, 0.1) is 0 Å². The van der Waals surface area contributed by atoms with E-state index in [-0.39, 0.29) is 30.0 Å². The number of hydrogen-bond acceptors (Lipinski definition) is 5. The summed E-state index contributed by atoms with van der Waals surface area (Å²) in [5.41, 5.74) is 0.493. The van der Waals surface area contributed by atoms with E-state index in [1.807, 2.05) is 29.2 Å². The normalized spacial score (nSPS) is 14.5. The number of nitrogens with zero attached hydrogens (tertiary/aromatic N) is 3. The van der Waals surface area contributed by atoms with Gasteiger partial charge in [0.1, 0.15) is 5.75 Å². The number of anilines is 1. The van der Waals surface area contributed by atoms with Crippen molar-refractivity contribution in [3.05, 3.63) is 69.2 Å². The second-order valence-electron chi connectivity index (χ2n) is 7.61. The van der Waals surface area contributed by atoms with Crippen molar-refractivity contribution in [3.63, 3.8) is 0 Å². The second kappa shape index (κ2) is 9.07. The average molecular weight is 422 g/mol. The van der Waals surface area contributed by atoms with Crippen LogP contribution in [-0.4, -0.2) is 53.9 Å². The molecule has 4 rings (SSSR count). The molecule has 2 aromatic carbocycles. The topological polar surface area (TPSA) is 87.6 Å². The van der Waals surface area contributed by atoms with E-state index in [0.29, 0.717) is 23.9 Å². The van der Waals surface area contributed by atoms with Gasteiger partial charge in [0.05, 0.1) is 24.4 Å². The fourth-order valence-electron chi connectivity index (χ4n) is 3.99.